The Bertz CT molecular complexity index is 887. The fraction of sp³-hybridized carbons (Fsp3) is 0.235. The molecule has 0 aliphatic heterocycles. The highest BCUT2D eigenvalue weighted by Gasteiger charge is 2.22. The first-order chi connectivity index (χ1) is 11.7. The van der Waals surface area contributed by atoms with Gasteiger partial charge in [-0.3, -0.25) is 4.79 Å². The first-order valence-electron chi connectivity index (χ1n) is 7.41. The topological polar surface area (TPSA) is 66.5 Å². The van der Waals surface area contributed by atoms with E-state index in [1.165, 1.54) is 18.2 Å². The van der Waals surface area contributed by atoms with Crippen LogP contribution in [0.15, 0.2) is 42.5 Å². The summed E-state index contributed by atoms with van der Waals surface area (Å²) in [6, 6.07) is 10.8. The second kappa shape index (κ2) is 7.95. The Kier molecular flexibility index (Phi) is 6.16. The second-order valence-corrected chi connectivity index (χ2v) is 8.05. The minimum Gasteiger partial charge on any atom is -0.325 e. The van der Waals surface area contributed by atoms with Crippen LogP contribution >= 0.6 is 11.6 Å². The number of hydrogen-bond acceptors (Lipinski definition) is 3. The number of rotatable bonds is 6. The van der Waals surface area contributed by atoms with Crippen molar-refractivity contribution in [3.63, 3.8) is 0 Å². The molecule has 1 amide bonds. The number of nitrogens with one attached hydrogen (secondary N) is 1. The molecule has 0 fully saturated rings. The highest BCUT2D eigenvalue weighted by atomic mass is 35.5. The average Bonchev–Trinajstić information content (AvgIpc) is 2.51. The van der Waals surface area contributed by atoms with Crippen molar-refractivity contribution in [1.82, 2.24) is 4.31 Å². The zero-order valence-electron chi connectivity index (χ0n) is 13.8. The summed E-state index contributed by atoms with van der Waals surface area (Å²) in [6.45, 7) is 1.13. The van der Waals surface area contributed by atoms with Crippen LogP contribution in [0.3, 0.4) is 0 Å². The number of carbonyl (C=O) groups is 1. The molecule has 0 saturated heterocycles. The Hall–Kier alpha value is -1.96. The van der Waals surface area contributed by atoms with Gasteiger partial charge in [-0.05, 0) is 30.7 Å². The lowest BCUT2D eigenvalue weighted by molar-refractivity contribution is -0.116. The molecule has 25 heavy (non-hydrogen) atoms. The van der Waals surface area contributed by atoms with Crippen LogP contribution in [0.25, 0.3) is 0 Å². The Labute approximate surface area is 151 Å². The highest BCUT2D eigenvalue weighted by molar-refractivity contribution is 7.88. The number of sulfonamides is 1. The Balaban J connectivity index is 2.16. The Morgan fingerprint density at radius 2 is 1.92 bits per heavy atom. The maximum absolute atomic E-state index is 13.8. The molecule has 2 aromatic carbocycles. The van der Waals surface area contributed by atoms with Gasteiger partial charge < -0.3 is 5.32 Å². The number of anilines is 1. The summed E-state index contributed by atoms with van der Waals surface area (Å²) in [7, 11) is -3.71. The molecule has 0 aliphatic rings. The molecule has 0 aromatic heterocycles. The maximum Gasteiger partial charge on any atom is 0.239 e. The first-order valence-corrected chi connectivity index (χ1v) is 9.64. The van der Waals surface area contributed by atoms with Crippen LogP contribution in [0, 0.1) is 12.7 Å². The van der Waals surface area contributed by atoms with E-state index in [-0.39, 0.29) is 12.1 Å². The molecule has 0 bridgehead atoms. The lowest BCUT2D eigenvalue weighted by atomic mass is 10.2. The number of benzene rings is 2. The van der Waals surface area contributed by atoms with Gasteiger partial charge in [0.25, 0.3) is 0 Å². The van der Waals surface area contributed by atoms with E-state index >= 15 is 0 Å². The van der Waals surface area contributed by atoms with Crippen molar-refractivity contribution in [2.45, 2.75) is 13.5 Å². The standard InChI is InChI=1S/C17H18ClFN2O3S/c1-12-7-8-14(18)9-16(12)20-17(22)11-21(25(2,23)24)10-13-5-3-4-6-15(13)19/h3-9H,10-11H2,1-2H3,(H,20,22). The molecule has 8 heteroatoms. The van der Waals surface area contributed by atoms with Crippen molar-refractivity contribution in [3.05, 3.63) is 64.4 Å². The molecule has 2 rings (SSSR count). The lowest BCUT2D eigenvalue weighted by Gasteiger charge is -2.20. The minimum absolute atomic E-state index is 0.194. The van der Waals surface area contributed by atoms with Gasteiger partial charge in [-0.2, -0.15) is 4.31 Å². The van der Waals surface area contributed by atoms with Crippen LogP contribution in [0.1, 0.15) is 11.1 Å². The van der Waals surface area contributed by atoms with Crippen LogP contribution in [-0.2, 0) is 21.4 Å². The van der Waals surface area contributed by atoms with Gasteiger partial charge in [0.2, 0.25) is 15.9 Å². The summed E-state index contributed by atoms with van der Waals surface area (Å²) in [6.07, 6.45) is 0.978. The molecule has 1 N–H and O–H groups in total. The second-order valence-electron chi connectivity index (χ2n) is 5.63. The van der Waals surface area contributed by atoms with E-state index in [0.29, 0.717) is 10.7 Å². The third kappa shape index (κ3) is 5.52. The third-order valence-corrected chi connectivity index (χ3v) is 5.00. The van der Waals surface area contributed by atoms with Crippen molar-refractivity contribution >= 4 is 33.2 Å². The van der Waals surface area contributed by atoms with Gasteiger partial charge in [0, 0.05) is 22.8 Å². The van der Waals surface area contributed by atoms with Gasteiger partial charge in [-0.15, -0.1) is 0 Å². The van der Waals surface area contributed by atoms with Gasteiger partial charge >= 0.3 is 0 Å². The Morgan fingerprint density at radius 1 is 1.24 bits per heavy atom. The number of amides is 1. The molecule has 5 nitrogen and oxygen atoms in total. The van der Waals surface area contributed by atoms with E-state index in [2.05, 4.69) is 5.32 Å². The van der Waals surface area contributed by atoms with Crippen molar-refractivity contribution in [2.75, 3.05) is 18.1 Å². The summed E-state index contributed by atoms with van der Waals surface area (Å²) in [5.41, 5.74) is 1.48. The van der Waals surface area contributed by atoms with Crippen molar-refractivity contribution in [1.29, 1.82) is 0 Å². The SMILES string of the molecule is Cc1ccc(Cl)cc1NC(=O)CN(Cc1ccccc1F)S(C)(=O)=O. The van der Waals surface area contributed by atoms with Gasteiger partial charge in [-0.1, -0.05) is 35.9 Å². The molecule has 0 heterocycles. The van der Waals surface area contributed by atoms with E-state index in [1.807, 2.05) is 0 Å². The molecule has 2 aromatic rings. The predicted octanol–water partition coefficient (Wildman–Crippen LogP) is 3.19. The lowest BCUT2D eigenvalue weighted by Crippen LogP contribution is -2.37. The molecule has 134 valence electrons. The largest absolute Gasteiger partial charge is 0.325 e. The van der Waals surface area contributed by atoms with Gasteiger partial charge in [0.1, 0.15) is 5.82 Å². The summed E-state index contributed by atoms with van der Waals surface area (Å²) in [5.74, 6) is -1.06. The zero-order valence-corrected chi connectivity index (χ0v) is 15.4. The van der Waals surface area contributed by atoms with Gasteiger partial charge in [-0.25, -0.2) is 12.8 Å². The van der Waals surface area contributed by atoms with Gasteiger partial charge in [0.05, 0.1) is 12.8 Å². The maximum atomic E-state index is 13.8. The monoisotopic (exact) mass is 384 g/mol. The first kappa shape index (κ1) is 19.4. The van der Waals surface area contributed by atoms with Crippen molar-refractivity contribution < 1.29 is 17.6 Å². The molecule has 0 atom stereocenters. The number of halogens is 2. The van der Waals surface area contributed by atoms with E-state index in [9.17, 15) is 17.6 Å². The molecular formula is C17H18ClFN2O3S. The average molecular weight is 385 g/mol. The van der Waals surface area contributed by atoms with E-state index in [1.54, 1.807) is 31.2 Å². The van der Waals surface area contributed by atoms with Crippen LogP contribution in [0.2, 0.25) is 5.02 Å². The molecule has 0 unspecified atom stereocenters. The fourth-order valence-electron chi connectivity index (χ4n) is 2.19. The number of carbonyl (C=O) groups excluding carboxylic acids is 1. The van der Waals surface area contributed by atoms with E-state index < -0.39 is 28.3 Å². The molecule has 0 radical (unpaired) electrons. The van der Waals surface area contributed by atoms with E-state index in [4.69, 9.17) is 11.6 Å². The summed E-state index contributed by atoms with van der Waals surface area (Å²) in [5, 5.41) is 3.08. The summed E-state index contributed by atoms with van der Waals surface area (Å²) in [4.78, 5) is 12.3. The third-order valence-electron chi connectivity index (χ3n) is 3.57. The predicted molar refractivity (Wildman–Crippen MR) is 96.5 cm³/mol. The van der Waals surface area contributed by atoms with Gasteiger partial charge in [0.15, 0.2) is 0 Å². The van der Waals surface area contributed by atoms with Crippen LogP contribution in [0.5, 0.6) is 0 Å². The number of nitrogens with zero attached hydrogens (tertiary/aromatic N) is 1. The Morgan fingerprint density at radius 3 is 2.56 bits per heavy atom. The zero-order chi connectivity index (χ0) is 18.6. The normalized spacial score (nSPS) is 11.6. The summed E-state index contributed by atoms with van der Waals surface area (Å²) < 4.78 is 38.6. The van der Waals surface area contributed by atoms with Crippen LogP contribution < -0.4 is 5.32 Å². The smallest absolute Gasteiger partial charge is 0.239 e. The quantitative estimate of drug-likeness (QED) is 0.831. The fourth-order valence-corrected chi connectivity index (χ4v) is 3.08. The molecule has 0 saturated carbocycles. The van der Waals surface area contributed by atoms with Crippen molar-refractivity contribution in [2.24, 2.45) is 0 Å². The minimum atomic E-state index is -3.71. The van der Waals surface area contributed by atoms with Crippen molar-refractivity contribution in [3.8, 4) is 0 Å². The number of aryl methyl sites for hydroxylation is 1. The van der Waals surface area contributed by atoms with Crippen LogP contribution in [0.4, 0.5) is 10.1 Å². The molecule has 0 aliphatic carbocycles. The summed E-state index contributed by atoms with van der Waals surface area (Å²) >= 11 is 5.90. The van der Waals surface area contributed by atoms with E-state index in [0.717, 1.165) is 16.1 Å². The highest BCUT2D eigenvalue weighted by Crippen LogP contribution is 2.20. The molecule has 0 spiro atoms. The van der Waals surface area contributed by atoms with Crippen LogP contribution in [-0.4, -0.2) is 31.4 Å². The molecular weight excluding hydrogens is 367 g/mol. The number of hydrogen-bond donors (Lipinski definition) is 1.